The van der Waals surface area contributed by atoms with Gasteiger partial charge in [0.2, 0.25) is 0 Å². The number of cyclic esters (lactones) is 1. The van der Waals surface area contributed by atoms with Crippen molar-refractivity contribution in [2.45, 2.75) is 12.2 Å². The third kappa shape index (κ3) is 2.90. The number of hydrogen-bond donors (Lipinski definition) is 0. The largest absolute Gasteiger partial charge is 0.497 e. The highest BCUT2D eigenvalue weighted by Crippen LogP contribution is 2.49. The van der Waals surface area contributed by atoms with Gasteiger partial charge in [0.05, 0.1) is 19.8 Å². The normalized spacial score (nSPS) is 15.3. The van der Waals surface area contributed by atoms with E-state index in [1.54, 1.807) is 14.2 Å². The van der Waals surface area contributed by atoms with Crippen LogP contribution in [0, 0.1) is 0 Å². The molecule has 34 heavy (non-hydrogen) atoms. The molecular formula is C29H22O5. The second-order valence-corrected chi connectivity index (χ2v) is 8.35. The molecule has 0 spiro atoms. The number of ether oxygens (including phenoxy) is 4. The summed E-state index contributed by atoms with van der Waals surface area (Å²) >= 11 is 0. The van der Waals surface area contributed by atoms with E-state index in [1.165, 1.54) is 0 Å². The van der Waals surface area contributed by atoms with Crippen LogP contribution < -0.4 is 14.2 Å². The average Bonchev–Trinajstić information content (AvgIpc) is 3.30. The van der Waals surface area contributed by atoms with Gasteiger partial charge in [-0.2, -0.15) is 0 Å². The van der Waals surface area contributed by atoms with Crippen LogP contribution in [0.2, 0.25) is 0 Å². The minimum Gasteiger partial charge on any atom is -0.497 e. The summed E-state index contributed by atoms with van der Waals surface area (Å²) in [5.74, 6) is 1.88. The molecule has 0 N–H and O–H groups in total. The van der Waals surface area contributed by atoms with Gasteiger partial charge in [-0.3, -0.25) is 0 Å². The number of carbonyl (C=O) groups excluding carboxylic acids is 1. The van der Waals surface area contributed by atoms with Crippen LogP contribution in [0.1, 0.15) is 32.6 Å². The van der Waals surface area contributed by atoms with Gasteiger partial charge < -0.3 is 18.9 Å². The molecule has 0 saturated carbocycles. The standard InChI is InChI=1S/C29H22O5/c1-31-20-11-7-18(8-12-20)29(19-9-13-21(32-2)14-10-19)16-15-24-26-25(17-33-28(26)30)22-5-3-4-6-23(22)27(24)34-29/h3-16H,17H2,1-2H3. The van der Waals surface area contributed by atoms with Crippen molar-refractivity contribution in [1.82, 2.24) is 0 Å². The predicted octanol–water partition coefficient (Wildman–Crippen LogP) is 5.88. The van der Waals surface area contributed by atoms with Gasteiger partial charge in [0.1, 0.15) is 23.9 Å². The molecule has 0 aromatic heterocycles. The fraction of sp³-hybridized carbons (Fsp3) is 0.138. The summed E-state index contributed by atoms with van der Waals surface area (Å²) in [5, 5.41) is 1.92. The van der Waals surface area contributed by atoms with Crippen LogP contribution >= 0.6 is 0 Å². The van der Waals surface area contributed by atoms with Crippen LogP contribution in [-0.2, 0) is 16.9 Å². The molecule has 4 aromatic carbocycles. The number of methoxy groups -OCH3 is 2. The first-order valence-corrected chi connectivity index (χ1v) is 11.1. The number of esters is 1. The van der Waals surface area contributed by atoms with E-state index in [-0.39, 0.29) is 12.6 Å². The van der Waals surface area contributed by atoms with Gasteiger partial charge in [0.15, 0.2) is 5.60 Å². The van der Waals surface area contributed by atoms with Crippen LogP contribution in [0.25, 0.3) is 16.8 Å². The SMILES string of the molecule is COc1ccc(C2(c3ccc(OC)cc3)C=Cc3c4c(c5ccccc5c3O2)COC4=O)cc1. The maximum atomic E-state index is 12.7. The second kappa shape index (κ2) is 7.66. The molecule has 0 atom stereocenters. The molecule has 2 heterocycles. The minimum atomic E-state index is -0.912. The monoisotopic (exact) mass is 450 g/mol. The summed E-state index contributed by atoms with van der Waals surface area (Å²) < 4.78 is 23.1. The zero-order valence-electron chi connectivity index (χ0n) is 18.8. The smallest absolute Gasteiger partial charge is 0.339 e. The first-order chi connectivity index (χ1) is 16.6. The Bertz CT molecular complexity index is 1400. The lowest BCUT2D eigenvalue weighted by Gasteiger charge is -2.37. The molecule has 0 amide bonds. The average molecular weight is 450 g/mol. The molecule has 0 bridgehead atoms. The van der Waals surface area contributed by atoms with Crippen molar-refractivity contribution in [2.24, 2.45) is 0 Å². The second-order valence-electron chi connectivity index (χ2n) is 8.35. The Morgan fingerprint density at radius 1 is 0.794 bits per heavy atom. The van der Waals surface area contributed by atoms with E-state index in [0.717, 1.165) is 44.5 Å². The van der Waals surface area contributed by atoms with E-state index in [1.807, 2.05) is 84.9 Å². The Labute approximate surface area is 197 Å². The van der Waals surface area contributed by atoms with Crippen LogP contribution in [0.15, 0.2) is 78.9 Å². The molecule has 168 valence electrons. The lowest BCUT2D eigenvalue weighted by Crippen LogP contribution is -2.34. The topological polar surface area (TPSA) is 54.0 Å². The summed E-state index contributed by atoms with van der Waals surface area (Å²) in [4.78, 5) is 12.7. The lowest BCUT2D eigenvalue weighted by molar-refractivity contribution is 0.0534. The summed E-state index contributed by atoms with van der Waals surface area (Å²) in [6.07, 6.45) is 4.00. The Hall–Kier alpha value is -4.25. The number of carbonyl (C=O) groups is 1. The molecule has 4 aromatic rings. The zero-order valence-corrected chi connectivity index (χ0v) is 18.8. The molecule has 2 aliphatic heterocycles. The molecule has 0 aliphatic carbocycles. The fourth-order valence-corrected chi connectivity index (χ4v) is 4.91. The molecule has 0 unspecified atom stereocenters. The molecule has 0 fully saturated rings. The van der Waals surface area contributed by atoms with Crippen molar-refractivity contribution in [3.63, 3.8) is 0 Å². The van der Waals surface area contributed by atoms with E-state index < -0.39 is 5.60 Å². The van der Waals surface area contributed by atoms with E-state index in [0.29, 0.717) is 11.3 Å². The molecular weight excluding hydrogens is 428 g/mol. The summed E-state index contributed by atoms with van der Waals surface area (Å²) in [5.41, 5.74) is 3.22. The molecule has 0 radical (unpaired) electrons. The van der Waals surface area contributed by atoms with Crippen molar-refractivity contribution in [2.75, 3.05) is 14.2 Å². The molecule has 5 nitrogen and oxygen atoms in total. The van der Waals surface area contributed by atoms with Gasteiger partial charge in [0.25, 0.3) is 0 Å². The van der Waals surface area contributed by atoms with Crippen molar-refractivity contribution < 1.29 is 23.7 Å². The van der Waals surface area contributed by atoms with Gasteiger partial charge in [-0.15, -0.1) is 0 Å². The van der Waals surface area contributed by atoms with E-state index >= 15 is 0 Å². The van der Waals surface area contributed by atoms with Crippen molar-refractivity contribution in [3.05, 3.63) is 107 Å². The third-order valence-corrected chi connectivity index (χ3v) is 6.65. The lowest BCUT2D eigenvalue weighted by atomic mass is 9.82. The quantitative estimate of drug-likeness (QED) is 0.364. The summed E-state index contributed by atoms with van der Waals surface area (Å²) in [7, 11) is 3.29. The van der Waals surface area contributed by atoms with E-state index in [2.05, 4.69) is 0 Å². The van der Waals surface area contributed by atoms with Gasteiger partial charge >= 0.3 is 5.97 Å². The van der Waals surface area contributed by atoms with Crippen molar-refractivity contribution in [3.8, 4) is 17.2 Å². The highest BCUT2D eigenvalue weighted by Gasteiger charge is 2.40. The van der Waals surface area contributed by atoms with Crippen molar-refractivity contribution in [1.29, 1.82) is 0 Å². The molecule has 0 saturated heterocycles. The van der Waals surface area contributed by atoms with Gasteiger partial charge in [-0.05, 0) is 41.8 Å². The first-order valence-electron chi connectivity index (χ1n) is 11.1. The number of fused-ring (bicyclic) bond motifs is 6. The maximum Gasteiger partial charge on any atom is 0.339 e. The first kappa shape index (κ1) is 20.4. The van der Waals surface area contributed by atoms with Crippen LogP contribution in [0.3, 0.4) is 0 Å². The Morgan fingerprint density at radius 3 is 1.97 bits per heavy atom. The Balaban J connectivity index is 1.62. The van der Waals surface area contributed by atoms with Gasteiger partial charge in [-0.1, -0.05) is 48.5 Å². The summed E-state index contributed by atoms with van der Waals surface area (Å²) in [6, 6.07) is 23.7. The van der Waals surface area contributed by atoms with Crippen LogP contribution in [0.4, 0.5) is 0 Å². The van der Waals surface area contributed by atoms with Crippen LogP contribution in [0.5, 0.6) is 17.2 Å². The van der Waals surface area contributed by atoms with Gasteiger partial charge in [-0.25, -0.2) is 4.79 Å². The Morgan fingerprint density at radius 2 is 1.38 bits per heavy atom. The molecule has 2 aliphatic rings. The fourth-order valence-electron chi connectivity index (χ4n) is 4.91. The van der Waals surface area contributed by atoms with Crippen molar-refractivity contribution >= 4 is 22.8 Å². The molecule has 6 rings (SSSR count). The third-order valence-electron chi connectivity index (χ3n) is 6.65. The molecule has 5 heteroatoms. The highest BCUT2D eigenvalue weighted by atomic mass is 16.5. The van der Waals surface area contributed by atoms with Gasteiger partial charge in [0, 0.05) is 27.6 Å². The number of rotatable bonds is 4. The zero-order chi connectivity index (χ0) is 23.3. The Kier molecular flexibility index (Phi) is 4.59. The van der Waals surface area contributed by atoms with Crippen LogP contribution in [-0.4, -0.2) is 20.2 Å². The minimum absolute atomic E-state index is 0.276. The predicted molar refractivity (Wildman–Crippen MR) is 129 cm³/mol. The number of benzene rings is 4. The summed E-state index contributed by atoms with van der Waals surface area (Å²) in [6.45, 7) is 0.276. The maximum absolute atomic E-state index is 12.7. The highest BCUT2D eigenvalue weighted by molar-refractivity contribution is 6.08. The number of hydrogen-bond acceptors (Lipinski definition) is 5. The van der Waals surface area contributed by atoms with E-state index in [4.69, 9.17) is 18.9 Å². The van der Waals surface area contributed by atoms with E-state index in [9.17, 15) is 4.79 Å².